The zero-order valence-electron chi connectivity index (χ0n) is 21.6. The zero-order chi connectivity index (χ0) is 25.8. The molecule has 8 atom stereocenters. The Labute approximate surface area is 213 Å². The zero-order valence-corrected chi connectivity index (χ0v) is 22.3. The van der Waals surface area contributed by atoms with Crippen molar-refractivity contribution in [1.29, 1.82) is 0 Å². The fourth-order valence-electron chi connectivity index (χ4n) is 8.18. The third-order valence-corrected chi connectivity index (χ3v) is 10.9. The van der Waals surface area contributed by atoms with Crippen LogP contribution in [0, 0.1) is 28.6 Å². The monoisotopic (exact) mass is 506 g/mol. The predicted octanol–water partition coefficient (Wildman–Crippen LogP) is 4.91. The highest BCUT2D eigenvalue weighted by Crippen LogP contribution is 2.72. The van der Waals surface area contributed by atoms with E-state index >= 15 is 0 Å². The van der Waals surface area contributed by atoms with Crippen molar-refractivity contribution in [2.45, 2.75) is 96.1 Å². The van der Waals surface area contributed by atoms with E-state index in [1.165, 1.54) is 5.57 Å². The van der Waals surface area contributed by atoms with E-state index in [0.717, 1.165) is 19.3 Å². The maximum Gasteiger partial charge on any atom is 0.306 e. The molecule has 0 amide bonds. The van der Waals surface area contributed by atoms with Gasteiger partial charge in [0.25, 0.3) is 0 Å². The molecular weight excluding hydrogens is 468 g/mol. The number of aliphatic hydroxyl groups is 1. The number of hydrogen-bond acceptors (Lipinski definition) is 6. The van der Waals surface area contributed by atoms with Crippen LogP contribution in [-0.4, -0.2) is 46.0 Å². The number of rotatable bonds is 6. The van der Waals surface area contributed by atoms with E-state index in [1.54, 1.807) is 13.8 Å². The van der Waals surface area contributed by atoms with Crippen molar-refractivity contribution in [3.8, 4) is 0 Å². The summed E-state index contributed by atoms with van der Waals surface area (Å²) in [4.78, 5) is 37.6. The number of hydrogen-bond donors (Lipinski definition) is 1. The van der Waals surface area contributed by atoms with Crippen molar-refractivity contribution in [2.24, 2.45) is 28.6 Å². The van der Waals surface area contributed by atoms with E-state index in [0.29, 0.717) is 6.42 Å². The van der Waals surface area contributed by atoms with Gasteiger partial charge in [-0.15, -0.1) is 11.6 Å². The molecule has 0 saturated heterocycles. The Morgan fingerprint density at radius 2 is 1.83 bits per heavy atom. The van der Waals surface area contributed by atoms with Crippen molar-refractivity contribution >= 4 is 29.3 Å². The predicted molar refractivity (Wildman–Crippen MR) is 133 cm³/mol. The van der Waals surface area contributed by atoms with E-state index in [4.69, 9.17) is 21.1 Å². The van der Waals surface area contributed by atoms with Gasteiger partial charge in [-0.25, -0.2) is 0 Å². The molecule has 0 unspecified atom stereocenters. The van der Waals surface area contributed by atoms with Crippen molar-refractivity contribution < 1.29 is 29.0 Å². The van der Waals surface area contributed by atoms with E-state index in [2.05, 4.69) is 25.2 Å². The first-order valence-corrected chi connectivity index (χ1v) is 13.4. The lowest BCUT2D eigenvalue weighted by atomic mass is 9.45. The Hall–Kier alpha value is -1.66. The lowest BCUT2D eigenvalue weighted by Crippen LogP contribution is -2.69. The first-order chi connectivity index (χ1) is 16.4. The van der Waals surface area contributed by atoms with Crippen LogP contribution in [0.25, 0.3) is 0 Å². The molecular formula is C28H39ClO6. The summed E-state index contributed by atoms with van der Waals surface area (Å²) in [6.07, 6.45) is 9.05. The first-order valence-electron chi connectivity index (χ1n) is 13.1. The molecule has 0 aliphatic heterocycles. The second-order valence-corrected chi connectivity index (χ2v) is 12.1. The summed E-state index contributed by atoms with van der Waals surface area (Å²) in [6.45, 7) is 8.98. The summed E-state index contributed by atoms with van der Waals surface area (Å²) in [5.74, 6) is -1.74. The van der Waals surface area contributed by atoms with Crippen molar-refractivity contribution in [1.82, 2.24) is 0 Å². The van der Waals surface area contributed by atoms with Crippen LogP contribution < -0.4 is 0 Å². The Bertz CT molecular complexity index is 972. The van der Waals surface area contributed by atoms with Crippen LogP contribution in [-0.2, 0) is 23.9 Å². The summed E-state index contributed by atoms with van der Waals surface area (Å²) >= 11 is 7.56. The van der Waals surface area contributed by atoms with Crippen molar-refractivity contribution in [2.75, 3.05) is 6.61 Å². The minimum Gasteiger partial charge on any atom is -0.457 e. The van der Waals surface area contributed by atoms with Crippen LogP contribution in [0.5, 0.6) is 0 Å². The number of fused-ring (bicyclic) bond motifs is 5. The van der Waals surface area contributed by atoms with Crippen molar-refractivity contribution in [3.63, 3.8) is 0 Å². The fourth-order valence-corrected chi connectivity index (χ4v) is 8.72. The maximum atomic E-state index is 13.9. The van der Waals surface area contributed by atoms with Gasteiger partial charge in [0, 0.05) is 29.6 Å². The molecule has 0 aromatic carbocycles. The molecule has 3 fully saturated rings. The van der Waals surface area contributed by atoms with Gasteiger partial charge in [0.2, 0.25) is 5.78 Å². The van der Waals surface area contributed by atoms with E-state index < -0.39 is 46.3 Å². The van der Waals surface area contributed by atoms with Gasteiger partial charge in [0.05, 0.1) is 11.0 Å². The average molecular weight is 507 g/mol. The number of ketones is 1. The van der Waals surface area contributed by atoms with Gasteiger partial charge in [0.1, 0.15) is 0 Å². The summed E-state index contributed by atoms with van der Waals surface area (Å²) in [5.41, 5.74) is -1.44. The third kappa shape index (κ3) is 3.49. The molecule has 4 aliphatic rings. The van der Waals surface area contributed by atoms with Crippen LogP contribution in [0.4, 0.5) is 0 Å². The highest BCUT2D eigenvalue weighted by Gasteiger charge is 2.76. The number of alkyl halides is 1. The van der Waals surface area contributed by atoms with Gasteiger partial charge in [-0.05, 0) is 43.9 Å². The Morgan fingerprint density at radius 3 is 2.49 bits per heavy atom. The molecule has 6 nitrogen and oxygen atoms in total. The highest BCUT2D eigenvalue weighted by atomic mass is 35.5. The number of carbonyl (C=O) groups is 3. The maximum absolute atomic E-state index is 13.9. The van der Waals surface area contributed by atoms with E-state index in [1.807, 2.05) is 13.8 Å². The lowest BCUT2D eigenvalue weighted by molar-refractivity contribution is -0.204. The molecule has 0 aromatic heterocycles. The van der Waals surface area contributed by atoms with E-state index in [-0.39, 0.29) is 42.4 Å². The molecule has 0 heterocycles. The molecule has 0 bridgehead atoms. The molecule has 3 saturated carbocycles. The van der Waals surface area contributed by atoms with E-state index in [9.17, 15) is 19.5 Å². The molecule has 0 aromatic rings. The summed E-state index contributed by atoms with van der Waals surface area (Å²) in [5, 5.41) is 11.8. The van der Waals surface area contributed by atoms with Crippen LogP contribution in [0.15, 0.2) is 23.8 Å². The minimum absolute atomic E-state index is 0.0295. The molecule has 0 spiro atoms. The summed E-state index contributed by atoms with van der Waals surface area (Å²) in [6, 6.07) is 0. The molecule has 4 rings (SSSR count). The van der Waals surface area contributed by atoms with Crippen molar-refractivity contribution in [3.05, 3.63) is 23.8 Å². The molecule has 35 heavy (non-hydrogen) atoms. The minimum atomic E-state index is -1.48. The molecule has 4 aliphatic carbocycles. The SMILES string of the molecule is CCC(=O)OCC(=O)[C@@]1(OC(=O)CC)[C@@H](C)C[C@H]2[C@@H]3CCC4=CC=CC[C@]4(C)[C@@]3(Cl)[C@@H](O)C[C@@]21C. The van der Waals surface area contributed by atoms with Gasteiger partial charge >= 0.3 is 11.9 Å². The van der Waals surface area contributed by atoms with Gasteiger partial charge in [0.15, 0.2) is 12.2 Å². The Balaban J connectivity index is 1.79. The second kappa shape index (κ2) is 9.02. The summed E-state index contributed by atoms with van der Waals surface area (Å²) in [7, 11) is 0. The number of carbonyl (C=O) groups excluding carboxylic acids is 3. The summed E-state index contributed by atoms with van der Waals surface area (Å²) < 4.78 is 11.3. The number of halogens is 1. The van der Waals surface area contributed by atoms with Gasteiger partial charge in [-0.2, -0.15) is 0 Å². The Morgan fingerprint density at radius 1 is 1.14 bits per heavy atom. The van der Waals surface area contributed by atoms with Crippen LogP contribution >= 0.6 is 11.6 Å². The number of ether oxygens (including phenoxy) is 2. The van der Waals surface area contributed by atoms with Gasteiger partial charge in [-0.1, -0.05) is 58.4 Å². The normalized spacial score (nSPS) is 43.9. The van der Waals surface area contributed by atoms with Gasteiger partial charge in [-0.3, -0.25) is 14.4 Å². The average Bonchev–Trinajstić information content (AvgIpc) is 3.04. The Kier molecular flexibility index (Phi) is 6.81. The topological polar surface area (TPSA) is 89.9 Å². The largest absolute Gasteiger partial charge is 0.457 e. The molecule has 0 radical (unpaired) electrons. The van der Waals surface area contributed by atoms with Crippen LogP contribution in [0.2, 0.25) is 0 Å². The van der Waals surface area contributed by atoms with Crippen LogP contribution in [0.3, 0.4) is 0 Å². The van der Waals surface area contributed by atoms with Crippen LogP contribution in [0.1, 0.15) is 79.6 Å². The number of esters is 2. The third-order valence-electron chi connectivity index (χ3n) is 9.97. The fraction of sp³-hybridized carbons (Fsp3) is 0.750. The number of Topliss-reactive ketones (excluding diaryl/α,β-unsaturated/α-hetero) is 1. The second-order valence-electron chi connectivity index (χ2n) is 11.5. The van der Waals surface area contributed by atoms with Gasteiger partial charge < -0.3 is 14.6 Å². The quantitative estimate of drug-likeness (QED) is 0.406. The standard InChI is InChI=1S/C28H39ClO6/c1-6-23(32)34-16-22(31)28(35-24(33)7-2)17(3)14-20-19-12-11-18-10-8-9-13-25(18,4)27(19,29)21(30)15-26(20,28)5/h8-10,17,19-21,30H,6-7,11-16H2,1-5H3/t17-,19-,20-,21-,25-,26-,27-,28-/m0/s1. The molecule has 1 N–H and O–H groups in total. The molecule has 7 heteroatoms. The molecule has 194 valence electrons. The lowest BCUT2D eigenvalue weighted by Gasteiger charge is -2.64. The highest BCUT2D eigenvalue weighted by molar-refractivity contribution is 6.25. The smallest absolute Gasteiger partial charge is 0.306 e. The number of aliphatic hydroxyl groups excluding tert-OH is 1. The first kappa shape index (κ1) is 26.4. The number of allylic oxidation sites excluding steroid dienone is 4.